The lowest BCUT2D eigenvalue weighted by atomic mass is 10.2. The third kappa shape index (κ3) is 3.71. The summed E-state index contributed by atoms with van der Waals surface area (Å²) >= 11 is 0. The zero-order chi connectivity index (χ0) is 12.2. The lowest BCUT2D eigenvalue weighted by molar-refractivity contribution is -0.210. The van der Waals surface area contributed by atoms with Gasteiger partial charge in [-0.1, -0.05) is 12.1 Å². The zero-order valence-electron chi connectivity index (χ0n) is 8.37. The molecule has 1 atom stereocenters. The van der Waals surface area contributed by atoms with Crippen molar-refractivity contribution in [1.29, 1.82) is 0 Å². The van der Waals surface area contributed by atoms with Gasteiger partial charge in [0, 0.05) is 6.54 Å². The van der Waals surface area contributed by atoms with Crippen LogP contribution in [0.1, 0.15) is 5.56 Å². The smallest absolute Gasteiger partial charge is 0.417 e. The quantitative estimate of drug-likeness (QED) is 0.830. The van der Waals surface area contributed by atoms with Crippen LogP contribution in [-0.2, 0) is 6.54 Å². The molecule has 0 bridgehead atoms. The normalized spacial score (nSPS) is 13.6. The summed E-state index contributed by atoms with van der Waals surface area (Å²) in [5, 5.41) is 8.70. The average molecular weight is 235 g/mol. The second-order valence-corrected chi connectivity index (χ2v) is 3.22. The number of hydrogen-bond acceptors (Lipinski definition) is 3. The van der Waals surface area contributed by atoms with Crippen molar-refractivity contribution in [3.05, 3.63) is 29.8 Å². The molecular weight excluding hydrogens is 223 g/mol. The second-order valence-electron chi connectivity index (χ2n) is 3.22. The van der Waals surface area contributed by atoms with Crippen LogP contribution in [0.2, 0.25) is 0 Å². The molecule has 0 radical (unpaired) electrons. The first-order valence-electron chi connectivity index (χ1n) is 4.60. The number of halogens is 3. The van der Waals surface area contributed by atoms with E-state index in [0.29, 0.717) is 0 Å². The zero-order valence-corrected chi connectivity index (χ0v) is 8.37. The van der Waals surface area contributed by atoms with Crippen LogP contribution in [0.15, 0.2) is 24.3 Å². The molecule has 1 unspecified atom stereocenters. The van der Waals surface area contributed by atoms with Gasteiger partial charge in [0.2, 0.25) is 0 Å². The van der Waals surface area contributed by atoms with Crippen LogP contribution < -0.4 is 10.5 Å². The van der Waals surface area contributed by atoms with E-state index in [-0.39, 0.29) is 12.3 Å². The largest absolute Gasteiger partial charge is 0.491 e. The Morgan fingerprint density at radius 2 is 2.06 bits per heavy atom. The van der Waals surface area contributed by atoms with Crippen molar-refractivity contribution in [2.24, 2.45) is 5.73 Å². The SMILES string of the molecule is NCc1cccc(OCC(O)C(F)(F)F)c1. The highest BCUT2D eigenvalue weighted by Crippen LogP contribution is 2.21. The molecule has 0 amide bonds. The Balaban J connectivity index is 2.54. The van der Waals surface area contributed by atoms with E-state index in [0.717, 1.165) is 5.56 Å². The Labute approximate surface area is 90.6 Å². The van der Waals surface area contributed by atoms with Crippen LogP contribution in [0.25, 0.3) is 0 Å². The molecule has 90 valence electrons. The summed E-state index contributed by atoms with van der Waals surface area (Å²) in [5.41, 5.74) is 6.11. The molecule has 0 aromatic heterocycles. The van der Waals surface area contributed by atoms with Crippen molar-refractivity contribution in [2.75, 3.05) is 6.61 Å². The summed E-state index contributed by atoms with van der Waals surface area (Å²) in [6, 6.07) is 6.38. The monoisotopic (exact) mass is 235 g/mol. The van der Waals surface area contributed by atoms with E-state index >= 15 is 0 Å². The maximum Gasteiger partial charge on any atom is 0.417 e. The van der Waals surface area contributed by atoms with Gasteiger partial charge in [0.05, 0.1) is 0 Å². The molecule has 0 aliphatic heterocycles. The number of benzene rings is 1. The molecule has 0 aliphatic rings. The third-order valence-corrected chi connectivity index (χ3v) is 1.92. The van der Waals surface area contributed by atoms with Gasteiger partial charge in [0.25, 0.3) is 0 Å². The number of aliphatic hydroxyl groups excluding tert-OH is 1. The molecule has 0 aliphatic carbocycles. The highest BCUT2D eigenvalue weighted by molar-refractivity contribution is 5.28. The van der Waals surface area contributed by atoms with E-state index in [1.165, 1.54) is 12.1 Å². The van der Waals surface area contributed by atoms with Crippen LogP contribution in [0, 0.1) is 0 Å². The van der Waals surface area contributed by atoms with E-state index < -0.39 is 18.9 Å². The Hall–Kier alpha value is -1.27. The van der Waals surface area contributed by atoms with Gasteiger partial charge < -0.3 is 15.6 Å². The van der Waals surface area contributed by atoms with Crippen LogP contribution in [0.5, 0.6) is 5.75 Å². The van der Waals surface area contributed by atoms with Crippen LogP contribution >= 0.6 is 0 Å². The molecule has 1 rings (SSSR count). The highest BCUT2D eigenvalue weighted by Gasteiger charge is 2.38. The van der Waals surface area contributed by atoms with Gasteiger partial charge in [-0.25, -0.2) is 0 Å². The van der Waals surface area contributed by atoms with E-state index in [1.807, 2.05) is 0 Å². The minimum atomic E-state index is -4.66. The molecule has 6 heteroatoms. The molecule has 1 aromatic rings. The maximum atomic E-state index is 11.9. The van der Waals surface area contributed by atoms with E-state index in [2.05, 4.69) is 0 Å². The number of aliphatic hydroxyl groups is 1. The van der Waals surface area contributed by atoms with Gasteiger partial charge in [-0.3, -0.25) is 0 Å². The van der Waals surface area contributed by atoms with Crippen molar-refractivity contribution >= 4 is 0 Å². The van der Waals surface area contributed by atoms with E-state index in [4.69, 9.17) is 15.6 Å². The van der Waals surface area contributed by atoms with Gasteiger partial charge in [-0.05, 0) is 17.7 Å². The first-order chi connectivity index (χ1) is 7.43. The second kappa shape index (κ2) is 5.18. The fourth-order valence-electron chi connectivity index (χ4n) is 1.03. The summed E-state index contributed by atoms with van der Waals surface area (Å²) < 4.78 is 40.7. The predicted octanol–water partition coefficient (Wildman–Crippen LogP) is 1.45. The van der Waals surface area contributed by atoms with Gasteiger partial charge in [0.15, 0.2) is 6.10 Å². The standard InChI is InChI=1S/C10H12F3NO2/c11-10(12,13)9(15)6-16-8-3-1-2-7(4-8)5-14/h1-4,9,15H,5-6,14H2. The average Bonchev–Trinajstić information content (AvgIpc) is 2.25. The predicted molar refractivity (Wildman–Crippen MR) is 51.9 cm³/mol. The number of alkyl halides is 3. The first-order valence-corrected chi connectivity index (χ1v) is 4.60. The van der Waals surface area contributed by atoms with Crippen molar-refractivity contribution in [3.63, 3.8) is 0 Å². The number of ether oxygens (including phenoxy) is 1. The van der Waals surface area contributed by atoms with Crippen molar-refractivity contribution < 1.29 is 23.0 Å². The fourth-order valence-corrected chi connectivity index (χ4v) is 1.03. The molecule has 0 saturated carbocycles. The van der Waals surface area contributed by atoms with Crippen LogP contribution in [-0.4, -0.2) is 24.0 Å². The summed E-state index contributed by atoms with van der Waals surface area (Å²) in [6.45, 7) is -0.545. The summed E-state index contributed by atoms with van der Waals surface area (Å²) in [6.07, 6.45) is -7.14. The lowest BCUT2D eigenvalue weighted by Crippen LogP contribution is -2.34. The highest BCUT2D eigenvalue weighted by atomic mass is 19.4. The van der Waals surface area contributed by atoms with Crippen molar-refractivity contribution in [3.8, 4) is 5.75 Å². The summed E-state index contributed by atoms with van der Waals surface area (Å²) in [4.78, 5) is 0. The molecule has 1 aromatic carbocycles. The first kappa shape index (κ1) is 12.8. The number of rotatable bonds is 4. The Morgan fingerprint density at radius 1 is 1.38 bits per heavy atom. The van der Waals surface area contributed by atoms with Gasteiger partial charge in [-0.2, -0.15) is 13.2 Å². The number of hydrogen-bond donors (Lipinski definition) is 2. The van der Waals surface area contributed by atoms with Crippen molar-refractivity contribution in [2.45, 2.75) is 18.8 Å². The molecule has 0 heterocycles. The van der Waals surface area contributed by atoms with E-state index in [1.54, 1.807) is 12.1 Å². The molecule has 3 N–H and O–H groups in total. The molecule has 0 fully saturated rings. The third-order valence-electron chi connectivity index (χ3n) is 1.92. The Kier molecular flexibility index (Phi) is 4.14. The Bertz CT molecular complexity index is 341. The summed E-state index contributed by atoms with van der Waals surface area (Å²) in [7, 11) is 0. The van der Waals surface area contributed by atoms with Gasteiger partial charge in [0.1, 0.15) is 12.4 Å². The van der Waals surface area contributed by atoms with Gasteiger partial charge >= 0.3 is 6.18 Å². The van der Waals surface area contributed by atoms with Crippen molar-refractivity contribution in [1.82, 2.24) is 0 Å². The molecule has 0 spiro atoms. The maximum absolute atomic E-state index is 11.9. The minimum absolute atomic E-state index is 0.256. The molecular formula is C10H12F3NO2. The molecule has 3 nitrogen and oxygen atoms in total. The van der Waals surface area contributed by atoms with Crippen LogP contribution in [0.3, 0.4) is 0 Å². The van der Waals surface area contributed by atoms with Crippen LogP contribution in [0.4, 0.5) is 13.2 Å². The minimum Gasteiger partial charge on any atom is -0.491 e. The molecule has 0 saturated heterocycles. The lowest BCUT2D eigenvalue weighted by Gasteiger charge is -2.15. The summed E-state index contributed by atoms with van der Waals surface area (Å²) in [5.74, 6) is 0.256. The topological polar surface area (TPSA) is 55.5 Å². The van der Waals surface area contributed by atoms with Gasteiger partial charge in [-0.15, -0.1) is 0 Å². The molecule has 16 heavy (non-hydrogen) atoms. The Morgan fingerprint density at radius 3 is 2.62 bits per heavy atom. The van der Waals surface area contributed by atoms with E-state index in [9.17, 15) is 13.2 Å². The number of nitrogens with two attached hydrogens (primary N) is 1. The fraction of sp³-hybridized carbons (Fsp3) is 0.400.